The zero-order valence-corrected chi connectivity index (χ0v) is 10.7. The van der Waals surface area contributed by atoms with E-state index < -0.39 is 5.97 Å². The Bertz CT molecular complexity index is 382. The smallest absolute Gasteiger partial charge is 0.305 e. The third-order valence-corrected chi connectivity index (χ3v) is 2.51. The highest BCUT2D eigenvalue weighted by atomic mass is 16.4. The number of nitrogens with one attached hydrogen (secondary N) is 1. The Morgan fingerprint density at radius 3 is 2.35 bits per heavy atom. The van der Waals surface area contributed by atoms with Gasteiger partial charge in [0.05, 0.1) is 6.42 Å². The molecule has 5 nitrogen and oxygen atoms in total. The summed E-state index contributed by atoms with van der Waals surface area (Å²) < 4.78 is 0. The van der Waals surface area contributed by atoms with Gasteiger partial charge >= 0.3 is 5.97 Å². The highest BCUT2D eigenvalue weighted by Gasteiger charge is 2.27. The molecule has 0 aromatic carbocycles. The first-order valence-electron chi connectivity index (χ1n) is 5.56. The van der Waals surface area contributed by atoms with Crippen molar-refractivity contribution in [2.45, 2.75) is 40.2 Å². The number of carbonyl (C=O) groups is 1. The molecule has 1 rings (SSSR count). The van der Waals surface area contributed by atoms with Crippen molar-refractivity contribution in [3.05, 3.63) is 18.0 Å². The van der Waals surface area contributed by atoms with Crippen LogP contribution in [-0.2, 0) is 4.79 Å². The van der Waals surface area contributed by atoms with Crippen LogP contribution in [0.3, 0.4) is 0 Å². The van der Waals surface area contributed by atoms with Gasteiger partial charge in [-0.05, 0) is 17.9 Å². The molecule has 0 amide bonds. The summed E-state index contributed by atoms with van der Waals surface area (Å²) in [4.78, 5) is 19.1. The van der Waals surface area contributed by atoms with Crippen molar-refractivity contribution < 1.29 is 9.90 Å². The maximum Gasteiger partial charge on any atom is 0.305 e. The van der Waals surface area contributed by atoms with Crippen LogP contribution < -0.4 is 5.32 Å². The Hall–Kier alpha value is -1.65. The molecule has 1 aromatic heterocycles. The number of nitrogens with zero attached hydrogens (tertiary/aromatic N) is 2. The maximum absolute atomic E-state index is 10.8. The molecule has 0 saturated carbocycles. The van der Waals surface area contributed by atoms with Gasteiger partial charge in [-0.1, -0.05) is 20.8 Å². The van der Waals surface area contributed by atoms with Gasteiger partial charge in [0.2, 0.25) is 5.95 Å². The van der Waals surface area contributed by atoms with Crippen molar-refractivity contribution >= 4 is 11.9 Å². The zero-order chi connectivity index (χ0) is 13.1. The van der Waals surface area contributed by atoms with Crippen LogP contribution in [0, 0.1) is 12.3 Å². The molecule has 17 heavy (non-hydrogen) atoms. The maximum atomic E-state index is 10.8. The van der Waals surface area contributed by atoms with Crippen LogP contribution in [0.5, 0.6) is 0 Å². The minimum atomic E-state index is -0.829. The normalized spacial score (nSPS) is 13.2. The van der Waals surface area contributed by atoms with E-state index >= 15 is 0 Å². The van der Waals surface area contributed by atoms with Crippen molar-refractivity contribution in [1.82, 2.24) is 9.97 Å². The van der Waals surface area contributed by atoms with E-state index in [4.69, 9.17) is 5.11 Å². The molecule has 5 heteroatoms. The average molecular weight is 237 g/mol. The molecule has 1 heterocycles. The first-order valence-corrected chi connectivity index (χ1v) is 5.56. The summed E-state index contributed by atoms with van der Waals surface area (Å²) in [5.41, 5.74) is 0.799. The van der Waals surface area contributed by atoms with Gasteiger partial charge in [0.1, 0.15) is 0 Å². The molecule has 0 aliphatic rings. The SMILES string of the molecule is Cc1cnc(NC(CC(=O)O)C(C)(C)C)nc1. The fourth-order valence-electron chi connectivity index (χ4n) is 1.37. The lowest BCUT2D eigenvalue weighted by molar-refractivity contribution is -0.137. The van der Waals surface area contributed by atoms with Crippen molar-refractivity contribution in [3.63, 3.8) is 0 Å². The van der Waals surface area contributed by atoms with Crippen LogP contribution in [-0.4, -0.2) is 27.1 Å². The number of aromatic nitrogens is 2. The number of hydrogen-bond acceptors (Lipinski definition) is 4. The van der Waals surface area contributed by atoms with Gasteiger partial charge in [0.15, 0.2) is 0 Å². The predicted octanol–water partition coefficient (Wildman–Crippen LogP) is 2.09. The molecule has 0 bridgehead atoms. The number of rotatable bonds is 4. The second kappa shape index (κ2) is 5.12. The first-order chi connectivity index (χ1) is 7.79. The molecule has 94 valence electrons. The van der Waals surface area contributed by atoms with Crippen LogP contribution in [0.15, 0.2) is 12.4 Å². The van der Waals surface area contributed by atoms with Crippen molar-refractivity contribution in [2.75, 3.05) is 5.32 Å². The second-order valence-electron chi connectivity index (χ2n) is 5.24. The Balaban J connectivity index is 2.79. The quantitative estimate of drug-likeness (QED) is 0.838. The summed E-state index contributed by atoms with van der Waals surface area (Å²) in [6.07, 6.45) is 3.45. The van der Waals surface area contributed by atoms with Crippen LogP contribution in [0.25, 0.3) is 0 Å². The number of carboxylic acid groups (broad SMARTS) is 1. The Labute approximate surface area is 101 Å². The van der Waals surface area contributed by atoms with E-state index in [9.17, 15) is 4.79 Å². The summed E-state index contributed by atoms with van der Waals surface area (Å²) in [5.74, 6) is -0.360. The Kier molecular flexibility index (Phi) is 4.04. The predicted molar refractivity (Wildman–Crippen MR) is 65.9 cm³/mol. The lowest BCUT2D eigenvalue weighted by Gasteiger charge is -2.30. The van der Waals surface area contributed by atoms with E-state index in [1.165, 1.54) is 0 Å². The molecule has 0 aliphatic heterocycles. The number of hydrogen-bond donors (Lipinski definition) is 2. The molecule has 0 saturated heterocycles. The molecule has 0 spiro atoms. The second-order valence-corrected chi connectivity index (χ2v) is 5.24. The van der Waals surface area contributed by atoms with Crippen molar-refractivity contribution in [3.8, 4) is 0 Å². The topological polar surface area (TPSA) is 75.1 Å². The van der Waals surface area contributed by atoms with Gasteiger partial charge in [0.25, 0.3) is 0 Å². The average Bonchev–Trinajstić information content (AvgIpc) is 2.18. The highest BCUT2D eigenvalue weighted by Crippen LogP contribution is 2.24. The summed E-state index contributed by atoms with van der Waals surface area (Å²) >= 11 is 0. The monoisotopic (exact) mass is 237 g/mol. The third-order valence-electron chi connectivity index (χ3n) is 2.51. The van der Waals surface area contributed by atoms with Crippen LogP contribution in [0.2, 0.25) is 0 Å². The van der Waals surface area contributed by atoms with Gasteiger partial charge in [-0.3, -0.25) is 4.79 Å². The first kappa shape index (κ1) is 13.4. The summed E-state index contributed by atoms with van der Waals surface area (Å²) in [6, 6.07) is -0.206. The van der Waals surface area contributed by atoms with Gasteiger partial charge in [-0.15, -0.1) is 0 Å². The van der Waals surface area contributed by atoms with Crippen molar-refractivity contribution in [2.24, 2.45) is 5.41 Å². The lowest BCUT2D eigenvalue weighted by atomic mass is 9.85. The fraction of sp³-hybridized carbons (Fsp3) is 0.583. The lowest BCUT2D eigenvalue weighted by Crippen LogP contribution is -2.36. The van der Waals surface area contributed by atoms with E-state index in [0.717, 1.165) is 5.56 Å². The van der Waals surface area contributed by atoms with Crippen molar-refractivity contribution in [1.29, 1.82) is 0 Å². The van der Waals surface area contributed by atoms with E-state index in [1.54, 1.807) is 12.4 Å². The zero-order valence-electron chi connectivity index (χ0n) is 10.7. The van der Waals surface area contributed by atoms with E-state index in [2.05, 4.69) is 15.3 Å². The number of aryl methyl sites for hydroxylation is 1. The molecule has 1 unspecified atom stereocenters. The summed E-state index contributed by atoms with van der Waals surface area (Å²) in [6.45, 7) is 7.87. The van der Waals surface area contributed by atoms with E-state index in [-0.39, 0.29) is 17.9 Å². The number of carboxylic acids is 1. The summed E-state index contributed by atoms with van der Waals surface area (Å²) in [7, 11) is 0. The number of anilines is 1. The van der Waals surface area contributed by atoms with Crippen LogP contribution in [0.4, 0.5) is 5.95 Å². The Morgan fingerprint density at radius 2 is 1.94 bits per heavy atom. The largest absolute Gasteiger partial charge is 0.481 e. The number of aliphatic carboxylic acids is 1. The molecule has 2 N–H and O–H groups in total. The van der Waals surface area contributed by atoms with Gasteiger partial charge < -0.3 is 10.4 Å². The third kappa shape index (κ3) is 4.38. The van der Waals surface area contributed by atoms with Crippen LogP contribution in [0.1, 0.15) is 32.8 Å². The highest BCUT2D eigenvalue weighted by molar-refractivity contribution is 5.68. The molecule has 1 aromatic rings. The van der Waals surface area contributed by atoms with Gasteiger partial charge in [-0.2, -0.15) is 0 Å². The molecule has 0 aliphatic carbocycles. The molecule has 1 atom stereocenters. The summed E-state index contributed by atoms with van der Waals surface area (Å²) in [5, 5.41) is 12.0. The van der Waals surface area contributed by atoms with Gasteiger partial charge in [0, 0.05) is 18.4 Å². The van der Waals surface area contributed by atoms with E-state index in [0.29, 0.717) is 5.95 Å². The fourth-order valence-corrected chi connectivity index (χ4v) is 1.37. The molecule has 0 radical (unpaired) electrons. The molecular formula is C12H19N3O2. The molecule has 0 fully saturated rings. The minimum absolute atomic E-state index is 0.0424. The van der Waals surface area contributed by atoms with Crippen LogP contribution >= 0.6 is 0 Å². The van der Waals surface area contributed by atoms with Gasteiger partial charge in [-0.25, -0.2) is 9.97 Å². The standard InChI is InChI=1S/C12H19N3O2/c1-8-6-13-11(14-7-8)15-9(5-10(16)17)12(2,3)4/h6-7,9H,5H2,1-4H3,(H,16,17)(H,13,14,15). The Morgan fingerprint density at radius 1 is 1.41 bits per heavy atom. The minimum Gasteiger partial charge on any atom is -0.481 e. The molecular weight excluding hydrogens is 218 g/mol. The van der Waals surface area contributed by atoms with E-state index in [1.807, 2.05) is 27.7 Å².